The highest BCUT2D eigenvalue weighted by Crippen LogP contribution is 2.20. The van der Waals surface area contributed by atoms with Crippen molar-refractivity contribution in [2.45, 2.75) is 31.5 Å². The van der Waals surface area contributed by atoms with Crippen molar-refractivity contribution in [1.29, 1.82) is 0 Å². The van der Waals surface area contributed by atoms with E-state index in [9.17, 15) is 9.90 Å². The monoisotopic (exact) mass is 271 g/mol. The molecule has 0 bridgehead atoms. The molecule has 1 aromatic heterocycles. The Morgan fingerprint density at radius 1 is 1.61 bits per heavy atom. The quantitative estimate of drug-likeness (QED) is 0.470. The Morgan fingerprint density at radius 2 is 2.28 bits per heavy atom. The fourth-order valence-electron chi connectivity index (χ4n) is 1.05. The third-order valence-electron chi connectivity index (χ3n) is 1.85. The van der Waals surface area contributed by atoms with E-state index in [0.29, 0.717) is 10.9 Å². The minimum absolute atomic E-state index is 0.0849. The van der Waals surface area contributed by atoms with E-state index in [2.05, 4.69) is 9.97 Å². The Hall–Kier alpha value is -1.34. The number of anilines is 1. The second-order valence-electron chi connectivity index (χ2n) is 4.27. The maximum Gasteiger partial charge on any atom is 0.343 e. The Morgan fingerprint density at radius 3 is 2.78 bits per heavy atom. The first-order chi connectivity index (χ1) is 8.33. The van der Waals surface area contributed by atoms with Crippen LogP contribution in [0.3, 0.4) is 0 Å². The molecule has 0 fully saturated rings. The minimum atomic E-state index is -0.817. The lowest BCUT2D eigenvalue weighted by molar-refractivity contribution is 0.0526. The highest BCUT2D eigenvalue weighted by molar-refractivity contribution is 7.99. The molecule has 1 heterocycles. The molecule has 0 aliphatic heterocycles. The van der Waals surface area contributed by atoms with Crippen LogP contribution in [-0.2, 0) is 4.74 Å². The number of thioether (sulfide) groups is 1. The van der Waals surface area contributed by atoms with E-state index >= 15 is 0 Å². The maximum absolute atomic E-state index is 11.5. The molecule has 1 rings (SSSR count). The molecule has 0 saturated heterocycles. The number of rotatable bonds is 5. The van der Waals surface area contributed by atoms with Gasteiger partial charge < -0.3 is 15.6 Å². The summed E-state index contributed by atoms with van der Waals surface area (Å²) in [5.41, 5.74) is 5.00. The molecular formula is C11H17N3O3S. The number of aromatic nitrogens is 2. The number of aliphatic hydroxyl groups is 1. The number of esters is 1. The fourth-order valence-corrected chi connectivity index (χ4v) is 1.83. The van der Waals surface area contributed by atoms with Crippen LogP contribution < -0.4 is 5.73 Å². The number of hydrogen-bond donors (Lipinski definition) is 2. The second kappa shape index (κ2) is 6.01. The summed E-state index contributed by atoms with van der Waals surface area (Å²) in [6, 6.07) is 0. The molecule has 100 valence electrons. The SMILES string of the molecule is CCOC(=O)c1cnc(SCC(C)(C)O)nc1N. The Labute approximate surface area is 110 Å². The summed E-state index contributed by atoms with van der Waals surface area (Å²) in [6.07, 6.45) is 1.34. The molecule has 0 aromatic carbocycles. The van der Waals surface area contributed by atoms with Gasteiger partial charge in [0.2, 0.25) is 0 Å². The van der Waals surface area contributed by atoms with Gasteiger partial charge in [0.25, 0.3) is 0 Å². The lowest BCUT2D eigenvalue weighted by atomic mass is 10.2. The molecule has 0 aliphatic carbocycles. The second-order valence-corrected chi connectivity index (χ2v) is 5.22. The van der Waals surface area contributed by atoms with Crippen LogP contribution in [0.1, 0.15) is 31.1 Å². The van der Waals surface area contributed by atoms with Gasteiger partial charge in [-0.2, -0.15) is 0 Å². The van der Waals surface area contributed by atoms with Crippen LogP contribution in [-0.4, -0.2) is 39.0 Å². The van der Waals surface area contributed by atoms with Crippen LogP contribution in [0, 0.1) is 0 Å². The molecule has 0 amide bonds. The summed E-state index contributed by atoms with van der Waals surface area (Å²) in [4.78, 5) is 19.5. The standard InChI is InChI=1S/C11H17N3O3S/c1-4-17-9(15)7-5-13-10(14-8(7)12)18-6-11(2,3)16/h5,16H,4,6H2,1-3H3,(H2,12,13,14). The van der Waals surface area contributed by atoms with Crippen molar-refractivity contribution in [2.24, 2.45) is 0 Å². The first kappa shape index (κ1) is 14.7. The molecular weight excluding hydrogens is 254 g/mol. The summed E-state index contributed by atoms with van der Waals surface area (Å²) >= 11 is 1.27. The zero-order valence-electron chi connectivity index (χ0n) is 10.6. The number of ether oxygens (including phenoxy) is 1. The van der Waals surface area contributed by atoms with E-state index in [-0.39, 0.29) is 18.0 Å². The zero-order chi connectivity index (χ0) is 13.8. The number of nitrogen functional groups attached to an aromatic ring is 1. The van der Waals surface area contributed by atoms with Crippen LogP contribution in [0.5, 0.6) is 0 Å². The normalized spacial score (nSPS) is 11.3. The van der Waals surface area contributed by atoms with Gasteiger partial charge in [0.1, 0.15) is 11.4 Å². The summed E-state index contributed by atoms with van der Waals surface area (Å²) < 4.78 is 4.82. The van der Waals surface area contributed by atoms with Crippen LogP contribution in [0.2, 0.25) is 0 Å². The molecule has 1 aromatic rings. The van der Waals surface area contributed by atoms with Gasteiger partial charge in [0.05, 0.1) is 12.2 Å². The van der Waals surface area contributed by atoms with E-state index < -0.39 is 11.6 Å². The van der Waals surface area contributed by atoms with Gasteiger partial charge in [-0.25, -0.2) is 14.8 Å². The molecule has 7 heteroatoms. The first-order valence-electron chi connectivity index (χ1n) is 5.48. The molecule has 0 unspecified atom stereocenters. The molecule has 6 nitrogen and oxygen atoms in total. The van der Waals surface area contributed by atoms with Crippen molar-refractivity contribution in [2.75, 3.05) is 18.1 Å². The van der Waals surface area contributed by atoms with Crippen molar-refractivity contribution < 1.29 is 14.6 Å². The topological polar surface area (TPSA) is 98.3 Å². The van der Waals surface area contributed by atoms with Gasteiger partial charge >= 0.3 is 5.97 Å². The highest BCUT2D eigenvalue weighted by Gasteiger charge is 2.17. The highest BCUT2D eigenvalue weighted by atomic mass is 32.2. The van der Waals surface area contributed by atoms with Crippen molar-refractivity contribution in [3.63, 3.8) is 0 Å². The van der Waals surface area contributed by atoms with Crippen LogP contribution in [0.15, 0.2) is 11.4 Å². The first-order valence-corrected chi connectivity index (χ1v) is 6.47. The molecule has 0 atom stereocenters. The lowest BCUT2D eigenvalue weighted by Gasteiger charge is -2.15. The van der Waals surface area contributed by atoms with E-state index in [1.807, 2.05) is 0 Å². The van der Waals surface area contributed by atoms with Crippen molar-refractivity contribution in [1.82, 2.24) is 9.97 Å². The molecule has 0 aliphatic rings. The zero-order valence-corrected chi connectivity index (χ0v) is 11.5. The predicted molar refractivity (Wildman–Crippen MR) is 69.4 cm³/mol. The largest absolute Gasteiger partial charge is 0.462 e. The van der Waals surface area contributed by atoms with Crippen LogP contribution >= 0.6 is 11.8 Å². The van der Waals surface area contributed by atoms with Crippen molar-refractivity contribution in [3.8, 4) is 0 Å². The Balaban J connectivity index is 2.76. The van der Waals surface area contributed by atoms with Gasteiger partial charge in [0.15, 0.2) is 5.16 Å². The number of carbonyl (C=O) groups is 1. The van der Waals surface area contributed by atoms with Gasteiger partial charge in [0, 0.05) is 11.9 Å². The molecule has 0 saturated carbocycles. The Bertz CT molecular complexity index is 432. The van der Waals surface area contributed by atoms with E-state index in [1.165, 1.54) is 18.0 Å². The third kappa shape index (κ3) is 4.50. The Kier molecular flexibility index (Phi) is 4.92. The lowest BCUT2D eigenvalue weighted by Crippen LogP contribution is -2.22. The van der Waals surface area contributed by atoms with E-state index in [1.54, 1.807) is 20.8 Å². The summed E-state index contributed by atoms with van der Waals surface area (Å²) in [5.74, 6) is -0.0127. The summed E-state index contributed by atoms with van der Waals surface area (Å²) in [6.45, 7) is 5.36. The van der Waals surface area contributed by atoms with E-state index in [4.69, 9.17) is 10.5 Å². The minimum Gasteiger partial charge on any atom is -0.462 e. The number of carbonyl (C=O) groups excluding carboxylic acids is 1. The summed E-state index contributed by atoms with van der Waals surface area (Å²) in [7, 11) is 0. The number of nitrogens with zero attached hydrogens (tertiary/aromatic N) is 2. The van der Waals surface area contributed by atoms with Crippen LogP contribution in [0.4, 0.5) is 5.82 Å². The maximum atomic E-state index is 11.5. The third-order valence-corrected chi connectivity index (χ3v) is 3.15. The van der Waals surface area contributed by atoms with Crippen molar-refractivity contribution >= 4 is 23.5 Å². The van der Waals surface area contributed by atoms with Gasteiger partial charge in [-0.15, -0.1) is 0 Å². The number of hydrogen-bond acceptors (Lipinski definition) is 7. The number of nitrogens with two attached hydrogens (primary N) is 1. The van der Waals surface area contributed by atoms with Crippen LogP contribution in [0.25, 0.3) is 0 Å². The molecule has 18 heavy (non-hydrogen) atoms. The fraction of sp³-hybridized carbons (Fsp3) is 0.545. The predicted octanol–water partition coefficient (Wildman–Crippen LogP) is 1.10. The van der Waals surface area contributed by atoms with Gasteiger partial charge in [-0.1, -0.05) is 11.8 Å². The van der Waals surface area contributed by atoms with Gasteiger partial charge in [-0.05, 0) is 20.8 Å². The summed E-state index contributed by atoms with van der Waals surface area (Å²) in [5, 5.41) is 10.00. The van der Waals surface area contributed by atoms with Gasteiger partial charge in [-0.3, -0.25) is 0 Å². The van der Waals surface area contributed by atoms with E-state index in [0.717, 1.165) is 0 Å². The average Bonchev–Trinajstić information content (AvgIpc) is 2.25. The molecule has 0 spiro atoms. The molecule has 3 N–H and O–H groups in total. The smallest absolute Gasteiger partial charge is 0.343 e. The average molecular weight is 271 g/mol. The van der Waals surface area contributed by atoms with Crippen molar-refractivity contribution in [3.05, 3.63) is 11.8 Å². The molecule has 0 radical (unpaired) electrons.